The Labute approximate surface area is 142 Å². The summed E-state index contributed by atoms with van der Waals surface area (Å²) in [4.78, 5) is 29.4. The van der Waals surface area contributed by atoms with Gasteiger partial charge in [0.2, 0.25) is 11.8 Å². The van der Waals surface area contributed by atoms with Gasteiger partial charge in [0.1, 0.15) is 6.04 Å². The predicted octanol–water partition coefficient (Wildman–Crippen LogP) is 0.797. The number of hydrogen-bond acceptors (Lipinski definition) is 4. The lowest BCUT2D eigenvalue weighted by atomic mass is 10.0. The lowest BCUT2D eigenvalue weighted by Crippen LogP contribution is -2.52. The van der Waals surface area contributed by atoms with E-state index in [9.17, 15) is 9.59 Å². The van der Waals surface area contributed by atoms with Gasteiger partial charge in [-0.15, -0.1) is 0 Å². The monoisotopic (exact) mass is 331 g/mol. The molecule has 2 saturated heterocycles. The molecule has 2 amide bonds. The Balaban J connectivity index is 1.83. The molecule has 2 aliphatic heterocycles. The average molecular weight is 331 g/mol. The Morgan fingerprint density at radius 1 is 1.17 bits per heavy atom. The van der Waals surface area contributed by atoms with Crippen molar-refractivity contribution >= 4 is 11.8 Å². The molecular formula is C18H25N3O3. The average Bonchev–Trinajstić information content (AvgIpc) is 3.12. The zero-order valence-corrected chi connectivity index (χ0v) is 14.1. The Hall–Kier alpha value is -1.92. The third-order valence-corrected chi connectivity index (χ3v) is 4.84. The van der Waals surface area contributed by atoms with Crippen LogP contribution >= 0.6 is 0 Å². The van der Waals surface area contributed by atoms with Gasteiger partial charge in [-0.3, -0.25) is 14.5 Å². The first-order chi connectivity index (χ1) is 11.7. The quantitative estimate of drug-likeness (QED) is 0.886. The van der Waals surface area contributed by atoms with Crippen LogP contribution in [0.15, 0.2) is 30.3 Å². The lowest BCUT2D eigenvalue weighted by molar-refractivity contribution is -0.142. The molecule has 2 aliphatic rings. The molecule has 6 heteroatoms. The molecule has 0 aromatic heterocycles. The Bertz CT molecular complexity index is 572. The summed E-state index contributed by atoms with van der Waals surface area (Å²) >= 11 is 0. The van der Waals surface area contributed by atoms with Crippen molar-refractivity contribution in [3.63, 3.8) is 0 Å². The van der Waals surface area contributed by atoms with Gasteiger partial charge >= 0.3 is 0 Å². The summed E-state index contributed by atoms with van der Waals surface area (Å²) in [5.41, 5.74) is 0.929. The molecule has 2 fully saturated rings. The SMILES string of the molecule is CNC(=O)[C@@H](c1ccccc1)N1CCC[C@H]1C(=O)N1CCOCC1. The summed E-state index contributed by atoms with van der Waals surface area (Å²) in [5, 5.41) is 2.75. The number of nitrogens with zero attached hydrogens (tertiary/aromatic N) is 2. The van der Waals surface area contributed by atoms with E-state index < -0.39 is 6.04 Å². The van der Waals surface area contributed by atoms with Gasteiger partial charge in [0, 0.05) is 26.7 Å². The van der Waals surface area contributed by atoms with Crippen LogP contribution in [0.3, 0.4) is 0 Å². The molecule has 0 radical (unpaired) electrons. The molecule has 1 aromatic carbocycles. The number of amides is 2. The largest absolute Gasteiger partial charge is 0.378 e. The van der Waals surface area contributed by atoms with Crippen LogP contribution in [0.5, 0.6) is 0 Å². The number of hydrogen-bond donors (Lipinski definition) is 1. The number of morpholine rings is 1. The first-order valence-corrected chi connectivity index (χ1v) is 8.61. The summed E-state index contributed by atoms with van der Waals surface area (Å²) in [6.45, 7) is 3.22. The van der Waals surface area contributed by atoms with Gasteiger partial charge in [-0.05, 0) is 18.4 Å². The number of rotatable bonds is 4. The highest BCUT2D eigenvalue weighted by Gasteiger charge is 2.40. The maximum absolute atomic E-state index is 13.0. The minimum atomic E-state index is -0.423. The molecule has 0 bridgehead atoms. The van der Waals surface area contributed by atoms with E-state index in [0.717, 1.165) is 24.9 Å². The molecule has 1 aromatic rings. The molecule has 2 atom stereocenters. The van der Waals surface area contributed by atoms with Crippen LogP contribution in [0, 0.1) is 0 Å². The molecule has 0 unspecified atom stereocenters. The number of ether oxygens (including phenoxy) is 1. The third kappa shape index (κ3) is 3.44. The molecule has 0 saturated carbocycles. The fraction of sp³-hybridized carbons (Fsp3) is 0.556. The molecule has 6 nitrogen and oxygen atoms in total. The van der Waals surface area contributed by atoms with Crippen LogP contribution in [0.2, 0.25) is 0 Å². The highest BCUT2D eigenvalue weighted by Crippen LogP contribution is 2.31. The second-order valence-corrected chi connectivity index (χ2v) is 6.26. The highest BCUT2D eigenvalue weighted by molar-refractivity contribution is 5.86. The van der Waals surface area contributed by atoms with Gasteiger partial charge in [0.25, 0.3) is 0 Å². The van der Waals surface area contributed by atoms with Gasteiger partial charge in [-0.1, -0.05) is 30.3 Å². The van der Waals surface area contributed by atoms with Crippen LogP contribution in [-0.4, -0.2) is 67.6 Å². The molecule has 0 aliphatic carbocycles. The van der Waals surface area contributed by atoms with E-state index in [1.54, 1.807) is 7.05 Å². The van der Waals surface area contributed by atoms with Crippen LogP contribution in [0.4, 0.5) is 0 Å². The smallest absolute Gasteiger partial charge is 0.241 e. The van der Waals surface area contributed by atoms with Crippen LogP contribution in [0.1, 0.15) is 24.4 Å². The predicted molar refractivity (Wildman–Crippen MR) is 90.4 cm³/mol. The second-order valence-electron chi connectivity index (χ2n) is 6.26. The van der Waals surface area contributed by atoms with Gasteiger partial charge in [0.15, 0.2) is 0 Å². The first kappa shape index (κ1) is 16.9. The van der Waals surface area contributed by atoms with E-state index in [2.05, 4.69) is 10.2 Å². The zero-order valence-electron chi connectivity index (χ0n) is 14.1. The van der Waals surface area contributed by atoms with E-state index in [1.165, 1.54) is 0 Å². The van der Waals surface area contributed by atoms with Crippen molar-refractivity contribution in [1.82, 2.24) is 15.1 Å². The van der Waals surface area contributed by atoms with Crippen LogP contribution < -0.4 is 5.32 Å². The van der Waals surface area contributed by atoms with Gasteiger partial charge in [-0.2, -0.15) is 0 Å². The number of benzene rings is 1. The fourth-order valence-corrected chi connectivity index (χ4v) is 3.62. The molecule has 0 spiro atoms. The number of likely N-dealkylation sites (tertiary alicyclic amines) is 1. The summed E-state index contributed by atoms with van der Waals surface area (Å²) in [6.07, 6.45) is 1.73. The van der Waals surface area contributed by atoms with Crippen LogP contribution in [-0.2, 0) is 14.3 Å². The van der Waals surface area contributed by atoms with Crippen molar-refractivity contribution in [3.05, 3.63) is 35.9 Å². The Kier molecular flexibility index (Phi) is 5.48. The van der Waals surface area contributed by atoms with Gasteiger partial charge in [0.05, 0.1) is 19.3 Å². The standard InChI is InChI=1S/C18H25N3O3/c1-19-17(22)16(14-6-3-2-4-7-14)21-9-5-8-15(21)18(23)20-10-12-24-13-11-20/h2-4,6-7,15-16H,5,8-13H2,1H3,(H,19,22)/t15-,16+/m0/s1. The third-order valence-electron chi connectivity index (χ3n) is 4.84. The fourth-order valence-electron chi connectivity index (χ4n) is 3.62. The summed E-state index contributed by atoms with van der Waals surface area (Å²) < 4.78 is 5.34. The second kappa shape index (κ2) is 7.77. The number of likely N-dealkylation sites (N-methyl/N-ethyl adjacent to an activating group) is 1. The van der Waals surface area contributed by atoms with Crippen LogP contribution in [0.25, 0.3) is 0 Å². The van der Waals surface area contributed by atoms with Crippen molar-refractivity contribution in [1.29, 1.82) is 0 Å². The molecule has 130 valence electrons. The number of carbonyl (C=O) groups is 2. The molecule has 24 heavy (non-hydrogen) atoms. The van der Waals surface area contributed by atoms with E-state index >= 15 is 0 Å². The Morgan fingerprint density at radius 3 is 2.54 bits per heavy atom. The maximum Gasteiger partial charge on any atom is 0.241 e. The molecule has 1 N–H and O–H groups in total. The van der Waals surface area contributed by atoms with Crippen molar-refractivity contribution in [2.24, 2.45) is 0 Å². The summed E-state index contributed by atoms with van der Waals surface area (Å²) in [5.74, 6) is 0.0588. The minimum absolute atomic E-state index is 0.0668. The van der Waals surface area contributed by atoms with Crippen molar-refractivity contribution in [3.8, 4) is 0 Å². The first-order valence-electron chi connectivity index (χ1n) is 8.61. The lowest BCUT2D eigenvalue weighted by Gasteiger charge is -2.35. The normalized spacial score (nSPS) is 23.0. The number of carbonyl (C=O) groups excluding carboxylic acids is 2. The van der Waals surface area contributed by atoms with E-state index in [4.69, 9.17) is 4.74 Å². The van der Waals surface area contributed by atoms with Crippen molar-refractivity contribution in [2.75, 3.05) is 39.9 Å². The van der Waals surface area contributed by atoms with E-state index in [-0.39, 0.29) is 17.9 Å². The minimum Gasteiger partial charge on any atom is -0.378 e. The number of nitrogens with one attached hydrogen (secondary N) is 1. The summed E-state index contributed by atoms with van der Waals surface area (Å²) in [6, 6.07) is 9.05. The highest BCUT2D eigenvalue weighted by atomic mass is 16.5. The molecule has 3 rings (SSSR count). The zero-order chi connectivity index (χ0) is 16.9. The van der Waals surface area contributed by atoms with Crippen molar-refractivity contribution < 1.29 is 14.3 Å². The Morgan fingerprint density at radius 2 is 1.88 bits per heavy atom. The van der Waals surface area contributed by atoms with E-state index in [1.807, 2.05) is 35.2 Å². The molecular weight excluding hydrogens is 306 g/mol. The van der Waals surface area contributed by atoms with Gasteiger partial charge < -0.3 is 15.0 Å². The topological polar surface area (TPSA) is 61.9 Å². The van der Waals surface area contributed by atoms with E-state index in [0.29, 0.717) is 26.3 Å². The molecule has 2 heterocycles. The summed E-state index contributed by atoms with van der Waals surface area (Å²) in [7, 11) is 1.65. The van der Waals surface area contributed by atoms with Gasteiger partial charge in [-0.25, -0.2) is 0 Å². The van der Waals surface area contributed by atoms with Crippen molar-refractivity contribution in [2.45, 2.75) is 24.9 Å². The maximum atomic E-state index is 13.0.